The fourth-order valence-corrected chi connectivity index (χ4v) is 2.69. The molecule has 2 amide bonds. The third-order valence-electron chi connectivity index (χ3n) is 2.54. The number of nitrogens with zero attached hydrogens (tertiary/aromatic N) is 3. The molecule has 0 unspecified atom stereocenters. The van der Waals surface area contributed by atoms with E-state index in [1.54, 1.807) is 4.90 Å². The van der Waals surface area contributed by atoms with Gasteiger partial charge in [-0.2, -0.15) is 0 Å². The van der Waals surface area contributed by atoms with Crippen molar-refractivity contribution in [2.24, 2.45) is 0 Å². The van der Waals surface area contributed by atoms with E-state index in [0.29, 0.717) is 23.1 Å². The van der Waals surface area contributed by atoms with Crippen LogP contribution < -0.4 is 16.0 Å². The average Bonchev–Trinajstić information content (AvgIpc) is 2.81. The second-order valence-electron chi connectivity index (χ2n) is 3.39. The summed E-state index contributed by atoms with van der Waals surface area (Å²) >= 11 is 1.36. The van der Waals surface area contributed by atoms with E-state index in [9.17, 15) is 4.79 Å². The predicted molar refractivity (Wildman–Crippen MR) is 68.1 cm³/mol. The third kappa shape index (κ3) is 1.03. The van der Waals surface area contributed by atoms with Crippen LogP contribution in [0.1, 0.15) is 12.9 Å². The quantitative estimate of drug-likeness (QED) is 0.803. The summed E-state index contributed by atoms with van der Waals surface area (Å²) in [6, 6.07) is -0.194. The van der Waals surface area contributed by atoms with E-state index < -0.39 is 0 Å². The molecule has 2 aromatic heterocycles. The molecule has 0 radical (unpaired) electrons. The van der Waals surface area contributed by atoms with E-state index >= 15 is 0 Å². The van der Waals surface area contributed by atoms with E-state index in [4.69, 9.17) is 11.7 Å². The predicted octanol–water partition coefficient (Wildman–Crippen LogP) is 2.14. The molecule has 0 saturated heterocycles. The standard InChI is InChI=1S/C9H9N5OS.2H2/c1-2-14-7-4-5(13-9(14)15)6(10)16-8(4)12-3-11-7;;/h3H,2,10H2,1H3,(H,13,15);2*1H/i;2*1+1D. The van der Waals surface area contributed by atoms with E-state index in [2.05, 4.69) is 15.3 Å². The SMILES string of the molecule is CCN1C(=O)Nc2c(N)sc3ncnc1c23.[2H][2H].[2H][2H]. The summed E-state index contributed by atoms with van der Waals surface area (Å²) in [5, 5.41) is 4.18. The van der Waals surface area contributed by atoms with Gasteiger partial charge in [0, 0.05) is 12.5 Å². The normalized spacial score (nSPS) is 15.3. The van der Waals surface area contributed by atoms with Crippen LogP contribution in [0.25, 0.3) is 10.2 Å². The van der Waals surface area contributed by atoms with E-state index in [0.717, 1.165) is 10.2 Å². The first-order chi connectivity index (χ1) is 9.72. The molecule has 0 spiro atoms. The summed E-state index contributed by atoms with van der Waals surface area (Å²) in [4.78, 5) is 22.5. The number of anilines is 3. The summed E-state index contributed by atoms with van der Waals surface area (Å²) in [6.45, 7) is 2.46. The Morgan fingerprint density at radius 2 is 2.50 bits per heavy atom. The second-order valence-corrected chi connectivity index (χ2v) is 4.42. The van der Waals surface area contributed by atoms with Crippen molar-refractivity contribution in [2.75, 3.05) is 22.5 Å². The Morgan fingerprint density at radius 1 is 1.69 bits per heavy atom. The monoisotopic (exact) mass is 243 g/mol. The molecular formula is C9H13N5OS. The van der Waals surface area contributed by atoms with Gasteiger partial charge in [0.15, 0.2) is 5.82 Å². The number of nitrogens with two attached hydrogens (primary N) is 1. The molecule has 3 rings (SSSR count). The molecule has 86 valence electrons. The molecule has 0 fully saturated rings. The maximum Gasteiger partial charge on any atom is 0.327 e. The van der Waals surface area contributed by atoms with Gasteiger partial charge < -0.3 is 11.1 Å². The van der Waals surface area contributed by atoms with Crippen molar-refractivity contribution in [1.29, 1.82) is 0 Å². The molecule has 3 N–H and O–H groups in total. The van der Waals surface area contributed by atoms with Gasteiger partial charge >= 0.3 is 6.03 Å². The van der Waals surface area contributed by atoms with Gasteiger partial charge in [0.25, 0.3) is 0 Å². The van der Waals surface area contributed by atoms with Crippen LogP contribution in [0.5, 0.6) is 0 Å². The van der Waals surface area contributed by atoms with E-state index in [1.165, 1.54) is 17.7 Å². The van der Waals surface area contributed by atoms with Crippen molar-refractivity contribution in [1.82, 2.24) is 9.97 Å². The summed E-state index contributed by atoms with van der Waals surface area (Å²) in [6.07, 6.45) is 1.46. The maximum absolute atomic E-state index is 11.8. The van der Waals surface area contributed by atoms with Gasteiger partial charge in [-0.05, 0) is 6.92 Å². The fraction of sp³-hybridized carbons (Fsp3) is 0.222. The number of nitrogen functional groups attached to an aromatic ring is 1. The first-order valence-corrected chi connectivity index (χ1v) is 5.65. The van der Waals surface area contributed by atoms with Gasteiger partial charge in [0.1, 0.15) is 16.2 Å². The van der Waals surface area contributed by atoms with Crippen molar-refractivity contribution in [3.05, 3.63) is 6.33 Å². The Morgan fingerprint density at radius 3 is 3.25 bits per heavy atom. The number of urea groups is 1. The Labute approximate surface area is 101 Å². The average molecular weight is 243 g/mol. The lowest BCUT2D eigenvalue weighted by atomic mass is 10.2. The Bertz CT molecular complexity index is 607. The largest absolute Gasteiger partial charge is 0.389 e. The van der Waals surface area contributed by atoms with Crippen LogP contribution in [-0.4, -0.2) is 22.5 Å². The lowest BCUT2D eigenvalue weighted by molar-refractivity contribution is 0.257. The third-order valence-corrected chi connectivity index (χ3v) is 3.47. The molecule has 2 aromatic rings. The zero-order valence-electron chi connectivity index (χ0n) is 12.5. The van der Waals surface area contributed by atoms with Crippen molar-refractivity contribution in [3.8, 4) is 0 Å². The van der Waals surface area contributed by atoms with Crippen molar-refractivity contribution in [3.63, 3.8) is 0 Å². The molecule has 1 aliphatic rings. The molecule has 16 heavy (non-hydrogen) atoms. The molecule has 3 heterocycles. The van der Waals surface area contributed by atoms with Crippen molar-refractivity contribution in [2.45, 2.75) is 6.92 Å². The lowest BCUT2D eigenvalue weighted by Crippen LogP contribution is -2.38. The van der Waals surface area contributed by atoms with Crippen molar-refractivity contribution >= 4 is 44.1 Å². The number of rotatable bonds is 1. The Hall–Kier alpha value is -1.89. The van der Waals surface area contributed by atoms with Crippen LogP contribution in [0.15, 0.2) is 6.33 Å². The van der Waals surface area contributed by atoms with Crippen LogP contribution in [0.2, 0.25) is 0 Å². The first-order valence-electron chi connectivity index (χ1n) is 6.84. The summed E-state index contributed by atoms with van der Waals surface area (Å²) in [5.41, 5.74) is 6.48. The minimum Gasteiger partial charge on any atom is -0.389 e. The topological polar surface area (TPSA) is 84.1 Å². The number of hydrogen-bond donors (Lipinski definition) is 2. The first kappa shape index (κ1) is 7.39. The summed E-state index contributed by atoms with van der Waals surface area (Å²) in [7, 11) is 0. The highest BCUT2D eigenvalue weighted by atomic mass is 32.1. The Balaban J connectivity index is 0.000000461. The fourth-order valence-electron chi connectivity index (χ4n) is 1.83. The number of carbonyl (C=O) groups is 1. The smallest absolute Gasteiger partial charge is 0.327 e. The van der Waals surface area contributed by atoms with Crippen LogP contribution in [0.3, 0.4) is 0 Å². The number of amides is 2. The highest BCUT2D eigenvalue weighted by Crippen LogP contribution is 2.43. The van der Waals surface area contributed by atoms with Crippen LogP contribution in [0.4, 0.5) is 21.3 Å². The molecule has 7 heteroatoms. The molecule has 1 aliphatic heterocycles. The summed E-state index contributed by atoms with van der Waals surface area (Å²) < 4.78 is 20.0. The van der Waals surface area contributed by atoms with E-state index in [-0.39, 0.29) is 6.03 Å². The number of nitrogens with one attached hydrogen (secondary N) is 1. The van der Waals surface area contributed by atoms with Gasteiger partial charge in [0.05, 0.1) is 11.1 Å². The van der Waals surface area contributed by atoms with Gasteiger partial charge in [-0.25, -0.2) is 14.8 Å². The molecule has 0 aliphatic carbocycles. The highest BCUT2D eigenvalue weighted by molar-refractivity contribution is 7.23. The number of carbonyl (C=O) groups excluding carboxylic acids is 1. The molecule has 0 saturated carbocycles. The molecule has 0 atom stereocenters. The van der Waals surface area contributed by atoms with E-state index in [1.807, 2.05) is 6.92 Å². The van der Waals surface area contributed by atoms with Gasteiger partial charge in [0.2, 0.25) is 0 Å². The minimum absolute atomic E-state index is 0.194. The second kappa shape index (κ2) is 3.05. The number of hydrogen-bond acceptors (Lipinski definition) is 5. The maximum atomic E-state index is 11.8. The highest BCUT2D eigenvalue weighted by Gasteiger charge is 2.28. The van der Waals surface area contributed by atoms with Gasteiger partial charge in [-0.1, -0.05) is 11.3 Å². The van der Waals surface area contributed by atoms with Gasteiger partial charge in [-0.3, -0.25) is 4.90 Å². The molecular weight excluding hydrogens is 226 g/mol. The molecule has 0 aromatic carbocycles. The zero-order valence-corrected chi connectivity index (χ0v) is 9.34. The minimum atomic E-state index is -0.194. The van der Waals surface area contributed by atoms with Crippen LogP contribution >= 0.6 is 11.3 Å². The van der Waals surface area contributed by atoms with Gasteiger partial charge in [-0.15, -0.1) is 0 Å². The summed E-state index contributed by atoms with van der Waals surface area (Å²) in [5.74, 6) is 0.638. The molecule has 6 nitrogen and oxygen atoms in total. The molecule has 0 bridgehead atoms. The van der Waals surface area contributed by atoms with Crippen LogP contribution in [0, 0.1) is 0 Å². The zero-order chi connectivity index (χ0) is 15.3. The number of aromatic nitrogens is 2. The Kier molecular flexibility index (Phi) is 1.41. The lowest BCUT2D eigenvalue weighted by Gasteiger charge is -2.25. The van der Waals surface area contributed by atoms with Crippen molar-refractivity contribution < 1.29 is 10.7 Å². The number of thiophene rings is 1. The van der Waals surface area contributed by atoms with Crippen LogP contribution in [-0.2, 0) is 0 Å².